The largest absolute Gasteiger partial charge is 0.482 e. The van der Waals surface area contributed by atoms with E-state index in [0.29, 0.717) is 13.0 Å². The van der Waals surface area contributed by atoms with Gasteiger partial charge in [-0.3, -0.25) is 0 Å². The molecule has 4 N–H and O–H groups in total. The van der Waals surface area contributed by atoms with E-state index in [9.17, 15) is 0 Å². The summed E-state index contributed by atoms with van der Waals surface area (Å²) < 4.78 is 4.87. The van der Waals surface area contributed by atoms with Crippen molar-refractivity contribution >= 4 is 14.2 Å². The number of rotatable bonds is 2. The average Bonchev–Trinajstić information content (AvgIpc) is 2.32. The van der Waals surface area contributed by atoms with Gasteiger partial charge in [0.25, 0.3) is 0 Å². The molecule has 7 heteroatoms. The van der Waals surface area contributed by atoms with Crippen LogP contribution in [0.3, 0.4) is 0 Å². The monoisotopic (exact) mass is 160 g/mol. The molecule has 0 spiro atoms. The lowest BCUT2D eigenvalue weighted by atomic mass is 9.59. The molecule has 0 aromatic heterocycles. The van der Waals surface area contributed by atoms with E-state index in [2.05, 4.69) is 0 Å². The fourth-order valence-corrected chi connectivity index (χ4v) is 1.25. The van der Waals surface area contributed by atoms with Gasteiger partial charge in [0.15, 0.2) is 0 Å². The Morgan fingerprint density at radius 2 is 1.73 bits per heavy atom. The molecule has 0 aromatic carbocycles. The van der Waals surface area contributed by atoms with Crippen LogP contribution in [0.5, 0.6) is 0 Å². The highest BCUT2D eigenvalue weighted by Crippen LogP contribution is 2.28. The van der Waals surface area contributed by atoms with E-state index in [1.54, 1.807) is 0 Å². The van der Waals surface area contributed by atoms with Crippen LogP contribution in [0, 0.1) is 0 Å². The first-order valence-electron chi connectivity index (χ1n) is 3.47. The van der Waals surface area contributed by atoms with Crippen LogP contribution in [0.25, 0.3) is 0 Å². The predicted molar refractivity (Wildman–Crippen MR) is 38.5 cm³/mol. The van der Waals surface area contributed by atoms with Crippen molar-refractivity contribution in [2.75, 3.05) is 6.61 Å². The molecule has 1 rings (SSSR count). The average molecular weight is 160 g/mol. The summed E-state index contributed by atoms with van der Waals surface area (Å²) >= 11 is 0. The molecule has 11 heavy (non-hydrogen) atoms. The lowest BCUT2D eigenvalue weighted by molar-refractivity contribution is 0.131. The van der Waals surface area contributed by atoms with E-state index >= 15 is 0 Å². The molecule has 2 unspecified atom stereocenters. The summed E-state index contributed by atoms with van der Waals surface area (Å²) in [6, 6.07) is -0.866. The fourth-order valence-electron chi connectivity index (χ4n) is 1.25. The number of hydrogen-bond acceptors (Lipinski definition) is 5. The lowest BCUT2D eigenvalue weighted by Crippen LogP contribution is -2.39. The van der Waals surface area contributed by atoms with E-state index in [1.165, 1.54) is 0 Å². The second-order valence-corrected chi connectivity index (χ2v) is 2.62. The third kappa shape index (κ3) is 1.94. The highest BCUT2D eigenvalue weighted by atomic mass is 16.5. The minimum atomic E-state index is -1.63. The van der Waals surface area contributed by atoms with Crippen molar-refractivity contribution in [1.82, 2.24) is 0 Å². The topological polar surface area (TPSA) is 90.2 Å². The molecule has 0 bridgehead atoms. The molecule has 0 aliphatic carbocycles. The molecule has 1 aliphatic heterocycles. The van der Waals surface area contributed by atoms with Gasteiger partial charge in [0, 0.05) is 12.4 Å². The standard InChI is InChI=1S/C4H10B2O5/c7-5(8)3-1-2-11-4(3)6(9)10/h3-4,7-10H,1-2H2. The van der Waals surface area contributed by atoms with Gasteiger partial charge in [-0.2, -0.15) is 0 Å². The molecule has 1 aliphatic rings. The van der Waals surface area contributed by atoms with E-state index in [-0.39, 0.29) is 0 Å². The van der Waals surface area contributed by atoms with Crippen LogP contribution in [0.2, 0.25) is 5.82 Å². The van der Waals surface area contributed by atoms with Crippen molar-refractivity contribution in [2.45, 2.75) is 18.2 Å². The number of hydrogen-bond donors (Lipinski definition) is 4. The van der Waals surface area contributed by atoms with Crippen LogP contribution in [-0.4, -0.2) is 46.9 Å². The van der Waals surface area contributed by atoms with Crippen molar-refractivity contribution in [2.24, 2.45) is 0 Å². The molecule has 1 saturated heterocycles. The molecule has 1 fully saturated rings. The van der Waals surface area contributed by atoms with Crippen LogP contribution >= 0.6 is 0 Å². The molecule has 5 nitrogen and oxygen atoms in total. The molecular weight excluding hydrogens is 150 g/mol. The van der Waals surface area contributed by atoms with E-state index in [1.807, 2.05) is 0 Å². The van der Waals surface area contributed by atoms with Crippen LogP contribution in [-0.2, 0) is 4.74 Å². The molecule has 0 radical (unpaired) electrons. The van der Waals surface area contributed by atoms with Gasteiger partial charge in [-0.05, 0) is 6.42 Å². The first-order chi connectivity index (χ1) is 5.13. The molecule has 62 valence electrons. The summed E-state index contributed by atoms with van der Waals surface area (Å²) in [6.45, 7) is 0.338. The Morgan fingerprint density at radius 1 is 1.09 bits per heavy atom. The van der Waals surface area contributed by atoms with Crippen LogP contribution in [0.4, 0.5) is 0 Å². The summed E-state index contributed by atoms with van der Waals surface area (Å²) in [5, 5.41) is 34.8. The Morgan fingerprint density at radius 3 is 2.09 bits per heavy atom. The zero-order valence-electron chi connectivity index (χ0n) is 5.92. The molecule has 2 atom stereocenters. The van der Waals surface area contributed by atoms with Crippen molar-refractivity contribution in [3.05, 3.63) is 0 Å². The predicted octanol–water partition coefficient (Wildman–Crippen LogP) is -2.37. The Labute approximate surface area is 64.9 Å². The van der Waals surface area contributed by atoms with Crippen molar-refractivity contribution in [3.63, 3.8) is 0 Å². The summed E-state index contributed by atoms with van der Waals surface area (Å²) in [6.07, 6.45) is 0.444. The Balaban J connectivity index is 2.51. The summed E-state index contributed by atoms with van der Waals surface area (Å²) in [5.74, 6) is -0.588. The Bertz CT molecular complexity index is 116. The van der Waals surface area contributed by atoms with Crippen molar-refractivity contribution in [1.29, 1.82) is 0 Å². The molecule has 1 heterocycles. The van der Waals surface area contributed by atoms with Gasteiger partial charge in [0.1, 0.15) is 0 Å². The van der Waals surface area contributed by atoms with Crippen LogP contribution in [0.15, 0.2) is 0 Å². The maximum absolute atomic E-state index is 8.72. The Hall–Kier alpha value is -0.0701. The van der Waals surface area contributed by atoms with Gasteiger partial charge in [0.2, 0.25) is 0 Å². The van der Waals surface area contributed by atoms with Crippen LogP contribution in [0.1, 0.15) is 6.42 Å². The van der Waals surface area contributed by atoms with Gasteiger partial charge < -0.3 is 24.8 Å². The Kier molecular flexibility index (Phi) is 2.91. The van der Waals surface area contributed by atoms with Crippen molar-refractivity contribution in [3.8, 4) is 0 Å². The van der Waals surface area contributed by atoms with Gasteiger partial charge in [-0.25, -0.2) is 0 Å². The normalized spacial score (nSPS) is 30.5. The van der Waals surface area contributed by atoms with E-state index in [4.69, 9.17) is 24.8 Å². The van der Waals surface area contributed by atoms with E-state index < -0.39 is 26.1 Å². The van der Waals surface area contributed by atoms with Crippen LogP contribution < -0.4 is 0 Å². The molecule has 0 aromatic rings. The third-order valence-corrected chi connectivity index (χ3v) is 1.86. The first kappa shape index (κ1) is 9.02. The second-order valence-electron chi connectivity index (χ2n) is 2.62. The number of ether oxygens (including phenoxy) is 1. The molecule has 0 saturated carbocycles. The van der Waals surface area contributed by atoms with Gasteiger partial charge in [-0.15, -0.1) is 0 Å². The minimum Gasteiger partial charge on any atom is -0.427 e. The quantitative estimate of drug-likeness (QED) is 0.339. The van der Waals surface area contributed by atoms with E-state index in [0.717, 1.165) is 0 Å². The van der Waals surface area contributed by atoms with Gasteiger partial charge >= 0.3 is 14.2 Å². The second kappa shape index (κ2) is 3.55. The van der Waals surface area contributed by atoms with Crippen molar-refractivity contribution < 1.29 is 24.8 Å². The first-order valence-corrected chi connectivity index (χ1v) is 3.47. The lowest BCUT2D eigenvalue weighted by Gasteiger charge is -2.15. The minimum absolute atomic E-state index is 0.338. The maximum atomic E-state index is 8.72. The zero-order chi connectivity index (χ0) is 8.43. The molecule has 0 amide bonds. The summed E-state index contributed by atoms with van der Waals surface area (Å²) in [7, 11) is -3.17. The SMILES string of the molecule is OB(O)C1CCOC1B(O)O. The highest BCUT2D eigenvalue weighted by molar-refractivity contribution is 6.50. The summed E-state index contributed by atoms with van der Waals surface area (Å²) in [4.78, 5) is 0. The zero-order valence-corrected chi connectivity index (χ0v) is 5.92. The van der Waals surface area contributed by atoms with Gasteiger partial charge in [0.05, 0.1) is 6.00 Å². The summed E-state index contributed by atoms with van der Waals surface area (Å²) in [5.41, 5.74) is 0. The molecular formula is C4H10B2O5. The fraction of sp³-hybridized carbons (Fsp3) is 1.00. The van der Waals surface area contributed by atoms with Gasteiger partial charge in [-0.1, -0.05) is 0 Å². The highest BCUT2D eigenvalue weighted by Gasteiger charge is 2.43. The smallest absolute Gasteiger partial charge is 0.427 e. The third-order valence-electron chi connectivity index (χ3n) is 1.86. The maximum Gasteiger partial charge on any atom is 0.482 e.